The molecule has 0 bridgehead atoms. The van der Waals surface area contributed by atoms with Gasteiger partial charge in [0.1, 0.15) is 17.2 Å². The summed E-state index contributed by atoms with van der Waals surface area (Å²) in [5.41, 5.74) is 0. The van der Waals surface area contributed by atoms with Crippen LogP contribution in [0.5, 0.6) is 17.2 Å². The van der Waals surface area contributed by atoms with Crippen LogP contribution >= 0.6 is 0 Å². The Labute approximate surface area is 187 Å². The molecule has 0 atom stereocenters. The first-order valence-corrected chi connectivity index (χ1v) is 11.2. The van der Waals surface area contributed by atoms with E-state index in [0.717, 1.165) is 12.1 Å². The Morgan fingerprint density at radius 2 is 1.39 bits per heavy atom. The van der Waals surface area contributed by atoms with Crippen LogP contribution in [0.4, 0.5) is 13.2 Å². The highest BCUT2D eigenvalue weighted by Crippen LogP contribution is 2.37. The first kappa shape index (κ1) is 24.4. The zero-order valence-corrected chi connectivity index (χ0v) is 18.1. The lowest BCUT2D eigenvalue weighted by atomic mass is 9.96. The van der Waals surface area contributed by atoms with Crippen molar-refractivity contribution in [1.82, 2.24) is 4.90 Å². The van der Waals surface area contributed by atoms with Gasteiger partial charge in [-0.25, -0.2) is 8.42 Å². The van der Waals surface area contributed by atoms with Crippen LogP contribution in [0.25, 0.3) is 0 Å². The number of piperidine rings is 1. The number of nitrogens with zero attached hydrogens (tertiary/aromatic N) is 1. The number of amides is 1. The van der Waals surface area contributed by atoms with Gasteiger partial charge in [-0.05, 0) is 61.4 Å². The van der Waals surface area contributed by atoms with Crippen LogP contribution < -0.4 is 9.47 Å². The minimum Gasteiger partial charge on any atom is -0.480 e. The number of rotatable bonds is 6. The van der Waals surface area contributed by atoms with Gasteiger partial charge in [-0.3, -0.25) is 9.59 Å². The zero-order chi connectivity index (χ0) is 24.4. The molecule has 12 heteroatoms. The molecular formula is C21H20F3NO7S. The van der Waals surface area contributed by atoms with E-state index in [-0.39, 0.29) is 48.2 Å². The van der Waals surface area contributed by atoms with Gasteiger partial charge in [0.05, 0.1) is 4.90 Å². The lowest BCUT2D eigenvalue weighted by Gasteiger charge is -2.37. The van der Waals surface area contributed by atoms with Gasteiger partial charge in [0.25, 0.3) is 0 Å². The van der Waals surface area contributed by atoms with Crippen molar-refractivity contribution in [3.63, 3.8) is 0 Å². The summed E-state index contributed by atoms with van der Waals surface area (Å²) >= 11 is 0. The van der Waals surface area contributed by atoms with Crippen molar-refractivity contribution in [3.8, 4) is 17.2 Å². The molecule has 8 nitrogen and oxygen atoms in total. The second-order valence-electron chi connectivity index (χ2n) is 7.40. The van der Waals surface area contributed by atoms with Gasteiger partial charge in [-0.1, -0.05) is 0 Å². The highest BCUT2D eigenvalue weighted by molar-refractivity contribution is 7.93. The number of halogens is 3. The van der Waals surface area contributed by atoms with E-state index in [1.807, 2.05) is 0 Å². The van der Waals surface area contributed by atoms with Gasteiger partial charge in [0.2, 0.25) is 5.91 Å². The SMILES string of the molecule is CC(=O)N1CCC(C(=O)O)(S(=O)(=O)c2ccc(Oc3ccc(OC(F)(F)F)cc3)cc2)CC1. The molecule has 0 spiro atoms. The molecule has 0 radical (unpaired) electrons. The second kappa shape index (κ2) is 8.93. The molecule has 178 valence electrons. The number of hydrogen-bond acceptors (Lipinski definition) is 6. The molecule has 2 aromatic rings. The molecule has 1 amide bonds. The standard InChI is InChI=1S/C21H20F3NO7S/c1-14(26)25-12-10-20(11-13-25,19(27)28)33(29,30)18-8-6-16(7-9-18)31-15-2-4-17(5-3-15)32-21(22,23)24/h2-9H,10-13H2,1H3,(H,27,28). The molecule has 1 saturated heterocycles. The molecule has 0 aliphatic carbocycles. The summed E-state index contributed by atoms with van der Waals surface area (Å²) in [5.74, 6) is -1.79. The third-order valence-electron chi connectivity index (χ3n) is 5.35. The van der Waals surface area contributed by atoms with Gasteiger partial charge in [-0.15, -0.1) is 13.2 Å². The van der Waals surface area contributed by atoms with Gasteiger partial charge in [-0.2, -0.15) is 0 Å². The highest BCUT2D eigenvalue weighted by atomic mass is 32.2. The summed E-state index contributed by atoms with van der Waals surface area (Å²) in [7, 11) is -4.30. The number of likely N-dealkylation sites (tertiary alicyclic amines) is 1. The zero-order valence-electron chi connectivity index (χ0n) is 17.3. The number of ether oxygens (including phenoxy) is 2. The molecular weight excluding hydrogens is 467 g/mol. The van der Waals surface area contributed by atoms with E-state index in [4.69, 9.17) is 4.74 Å². The van der Waals surface area contributed by atoms with Crippen molar-refractivity contribution in [3.05, 3.63) is 48.5 Å². The fourth-order valence-corrected chi connectivity index (χ4v) is 5.43. The molecule has 1 N–H and O–H groups in total. The van der Waals surface area contributed by atoms with Gasteiger partial charge in [0, 0.05) is 20.0 Å². The molecule has 1 heterocycles. The van der Waals surface area contributed by atoms with Crippen LogP contribution in [0.1, 0.15) is 19.8 Å². The fraction of sp³-hybridized carbons (Fsp3) is 0.333. The smallest absolute Gasteiger partial charge is 0.480 e. The van der Waals surface area contributed by atoms with E-state index in [1.165, 1.54) is 48.2 Å². The van der Waals surface area contributed by atoms with Gasteiger partial charge in [0.15, 0.2) is 14.6 Å². The van der Waals surface area contributed by atoms with Crippen LogP contribution in [-0.2, 0) is 19.4 Å². The summed E-state index contributed by atoms with van der Waals surface area (Å²) in [5, 5.41) is 9.77. The molecule has 2 aromatic carbocycles. The number of hydrogen-bond donors (Lipinski definition) is 1. The monoisotopic (exact) mass is 487 g/mol. The molecule has 1 aliphatic heterocycles. The maximum absolute atomic E-state index is 13.2. The van der Waals surface area contributed by atoms with Crippen molar-refractivity contribution in [2.24, 2.45) is 0 Å². The number of carbonyl (C=O) groups is 2. The molecule has 1 fully saturated rings. The van der Waals surface area contributed by atoms with E-state index in [0.29, 0.717) is 0 Å². The lowest BCUT2D eigenvalue weighted by molar-refractivity contribution is -0.274. The Bertz CT molecular complexity index is 1120. The summed E-state index contributed by atoms with van der Waals surface area (Å²) in [6.45, 7) is 1.35. The van der Waals surface area contributed by atoms with Gasteiger partial charge >= 0.3 is 12.3 Å². The van der Waals surface area contributed by atoms with Crippen LogP contribution in [0.15, 0.2) is 53.4 Å². The highest BCUT2D eigenvalue weighted by Gasteiger charge is 2.53. The van der Waals surface area contributed by atoms with Crippen LogP contribution in [0.3, 0.4) is 0 Å². The predicted octanol–water partition coefficient (Wildman–Crippen LogP) is 3.62. The minimum atomic E-state index is -4.82. The number of carboxylic acids is 1. The molecule has 0 saturated carbocycles. The summed E-state index contributed by atoms with van der Waals surface area (Å²) in [4.78, 5) is 24.7. The second-order valence-corrected chi connectivity index (χ2v) is 9.66. The quantitative estimate of drug-likeness (QED) is 0.663. The topological polar surface area (TPSA) is 110 Å². The minimum absolute atomic E-state index is 0.0100. The number of sulfone groups is 1. The summed E-state index contributed by atoms with van der Waals surface area (Å²) < 4.78 is 70.3. The third kappa shape index (κ3) is 5.21. The number of alkyl halides is 3. The molecule has 3 rings (SSSR count). The van der Waals surface area contributed by atoms with Crippen LogP contribution in [0, 0.1) is 0 Å². The fourth-order valence-electron chi connectivity index (χ4n) is 3.54. The average molecular weight is 487 g/mol. The maximum atomic E-state index is 13.2. The van der Waals surface area contributed by atoms with Crippen molar-refractivity contribution in [1.29, 1.82) is 0 Å². The first-order valence-electron chi connectivity index (χ1n) is 9.71. The lowest BCUT2D eigenvalue weighted by Crippen LogP contribution is -2.55. The first-order chi connectivity index (χ1) is 15.3. The molecule has 1 aliphatic rings. The van der Waals surface area contributed by atoms with Gasteiger partial charge < -0.3 is 19.5 Å². The van der Waals surface area contributed by atoms with E-state index >= 15 is 0 Å². The Morgan fingerprint density at radius 1 is 0.939 bits per heavy atom. The number of carbonyl (C=O) groups excluding carboxylic acids is 1. The summed E-state index contributed by atoms with van der Waals surface area (Å²) in [6, 6.07) is 9.64. The van der Waals surface area contributed by atoms with E-state index in [9.17, 15) is 36.3 Å². The molecule has 0 unspecified atom stereocenters. The number of aliphatic carboxylic acids is 1. The van der Waals surface area contributed by atoms with Crippen molar-refractivity contribution in [2.75, 3.05) is 13.1 Å². The Balaban J connectivity index is 1.77. The number of carboxylic acid groups (broad SMARTS) is 1. The molecule has 33 heavy (non-hydrogen) atoms. The Morgan fingerprint density at radius 3 is 1.82 bits per heavy atom. The van der Waals surface area contributed by atoms with E-state index < -0.39 is 32.7 Å². The van der Waals surface area contributed by atoms with Crippen LogP contribution in [0.2, 0.25) is 0 Å². The largest absolute Gasteiger partial charge is 0.573 e. The van der Waals surface area contributed by atoms with Crippen molar-refractivity contribution < 1.29 is 45.8 Å². The van der Waals surface area contributed by atoms with Crippen molar-refractivity contribution >= 4 is 21.7 Å². The maximum Gasteiger partial charge on any atom is 0.573 e. The van der Waals surface area contributed by atoms with Crippen LogP contribution in [-0.4, -0.2) is 54.5 Å². The van der Waals surface area contributed by atoms with E-state index in [2.05, 4.69) is 4.74 Å². The molecule has 0 aromatic heterocycles. The Hall–Kier alpha value is -3.28. The Kier molecular flexibility index (Phi) is 6.59. The van der Waals surface area contributed by atoms with E-state index in [1.54, 1.807) is 0 Å². The summed E-state index contributed by atoms with van der Waals surface area (Å²) in [6.07, 6.45) is -5.30. The third-order valence-corrected chi connectivity index (χ3v) is 7.85. The predicted molar refractivity (Wildman–Crippen MR) is 109 cm³/mol. The normalized spacial score (nSPS) is 16.2. The van der Waals surface area contributed by atoms with Crippen molar-refractivity contribution in [2.45, 2.75) is 35.8 Å². The average Bonchev–Trinajstić information content (AvgIpc) is 2.74. The number of benzene rings is 2.